The summed E-state index contributed by atoms with van der Waals surface area (Å²) in [7, 11) is 0. The van der Waals surface area contributed by atoms with E-state index in [-0.39, 0.29) is 5.41 Å². The first kappa shape index (κ1) is 17.7. The van der Waals surface area contributed by atoms with Gasteiger partial charge in [-0.3, -0.25) is 5.43 Å². The van der Waals surface area contributed by atoms with Crippen molar-refractivity contribution in [2.75, 3.05) is 0 Å². The molecule has 5 heteroatoms. The zero-order valence-electron chi connectivity index (χ0n) is 14.1. The second kappa shape index (κ2) is 7.75. The highest BCUT2D eigenvalue weighted by atomic mass is 16.4. The minimum Gasteiger partial charge on any atom is -0.411 e. The van der Waals surface area contributed by atoms with E-state index in [2.05, 4.69) is 36.5 Å². The molecule has 126 valence electrons. The number of aliphatic hydroxyl groups is 1. The van der Waals surface area contributed by atoms with Crippen LogP contribution in [0.4, 0.5) is 0 Å². The Balaban J connectivity index is 2.14. The molecule has 0 aliphatic heterocycles. The molecule has 0 heterocycles. The number of nitrogens with zero attached hydrogens (tertiary/aromatic N) is 2. The van der Waals surface area contributed by atoms with Crippen molar-refractivity contribution < 1.29 is 10.3 Å². The van der Waals surface area contributed by atoms with Crippen LogP contribution in [0.25, 0.3) is 0 Å². The molecule has 0 aliphatic rings. The molecule has 0 radical (unpaired) electrons. The fourth-order valence-electron chi connectivity index (χ4n) is 2.20. The molecule has 0 spiro atoms. The summed E-state index contributed by atoms with van der Waals surface area (Å²) in [6.07, 6.45) is 0.266. The van der Waals surface area contributed by atoms with Crippen LogP contribution in [0.1, 0.15) is 43.7 Å². The summed E-state index contributed by atoms with van der Waals surface area (Å²) in [5.41, 5.74) is 5.84. The van der Waals surface area contributed by atoms with Crippen LogP contribution in [-0.4, -0.2) is 22.2 Å². The predicted octanol–water partition coefficient (Wildman–Crippen LogP) is 3.43. The molecule has 5 nitrogen and oxygen atoms in total. The maximum absolute atomic E-state index is 10.3. The minimum atomic E-state index is -0.954. The van der Waals surface area contributed by atoms with Gasteiger partial charge in [0, 0.05) is 11.1 Å². The van der Waals surface area contributed by atoms with Gasteiger partial charge in [-0.15, -0.1) is 0 Å². The fraction of sp³-hybridized carbons (Fsp3) is 0.263. The molecular weight excluding hydrogens is 302 g/mol. The lowest BCUT2D eigenvalue weighted by atomic mass is 9.86. The second-order valence-corrected chi connectivity index (χ2v) is 6.51. The Bertz CT molecular complexity index is 702. The standard InChI is InChI=1S/C19H23N3O2/c1-19(2,3)16-11-9-15(10-12-16)18(23)22-21-17(13-20-24)14-7-5-4-6-8-14/h4-13,18,22-24H,1-3H3/b20-13+,21-17-. The highest BCUT2D eigenvalue weighted by Gasteiger charge is 2.14. The maximum atomic E-state index is 10.3. The van der Waals surface area contributed by atoms with Gasteiger partial charge in [0.1, 0.15) is 5.71 Å². The topological polar surface area (TPSA) is 77.2 Å². The summed E-state index contributed by atoms with van der Waals surface area (Å²) >= 11 is 0. The number of nitrogens with one attached hydrogen (secondary N) is 1. The third-order valence-electron chi connectivity index (χ3n) is 3.65. The third kappa shape index (κ3) is 4.67. The molecule has 3 N–H and O–H groups in total. The first-order chi connectivity index (χ1) is 11.4. The number of oxime groups is 1. The zero-order chi connectivity index (χ0) is 17.6. The van der Waals surface area contributed by atoms with Gasteiger partial charge in [0.15, 0.2) is 6.23 Å². The molecule has 2 rings (SSSR count). The van der Waals surface area contributed by atoms with Crippen LogP contribution in [0, 0.1) is 0 Å². The quantitative estimate of drug-likeness (QED) is 0.341. The van der Waals surface area contributed by atoms with Gasteiger partial charge in [-0.25, -0.2) is 0 Å². The highest BCUT2D eigenvalue weighted by molar-refractivity contribution is 6.38. The average Bonchev–Trinajstić information content (AvgIpc) is 2.58. The first-order valence-corrected chi connectivity index (χ1v) is 7.76. The van der Waals surface area contributed by atoms with Gasteiger partial charge >= 0.3 is 0 Å². The van der Waals surface area contributed by atoms with Crippen molar-refractivity contribution in [2.24, 2.45) is 10.3 Å². The van der Waals surface area contributed by atoms with Gasteiger partial charge in [-0.05, 0) is 11.0 Å². The Labute approximate surface area is 142 Å². The van der Waals surface area contributed by atoms with Crippen molar-refractivity contribution in [3.63, 3.8) is 0 Å². The summed E-state index contributed by atoms with van der Waals surface area (Å²) in [5.74, 6) is 0. The van der Waals surface area contributed by atoms with E-state index in [1.807, 2.05) is 54.6 Å². The fourth-order valence-corrected chi connectivity index (χ4v) is 2.20. The van der Waals surface area contributed by atoms with Crippen molar-refractivity contribution in [1.29, 1.82) is 0 Å². The Kier molecular flexibility index (Phi) is 5.71. The molecule has 1 atom stereocenters. The van der Waals surface area contributed by atoms with E-state index in [4.69, 9.17) is 5.21 Å². The molecule has 24 heavy (non-hydrogen) atoms. The van der Waals surface area contributed by atoms with Crippen molar-refractivity contribution >= 4 is 11.9 Å². The van der Waals surface area contributed by atoms with Crippen LogP contribution in [-0.2, 0) is 5.41 Å². The number of aliphatic hydroxyl groups excluding tert-OH is 1. The maximum Gasteiger partial charge on any atom is 0.165 e. The largest absolute Gasteiger partial charge is 0.411 e. The van der Waals surface area contributed by atoms with E-state index in [9.17, 15) is 5.11 Å². The number of hydrogen-bond donors (Lipinski definition) is 3. The Morgan fingerprint density at radius 1 is 1.04 bits per heavy atom. The summed E-state index contributed by atoms with van der Waals surface area (Å²) in [5, 5.41) is 26.2. The van der Waals surface area contributed by atoms with Crippen LogP contribution >= 0.6 is 0 Å². The lowest BCUT2D eigenvalue weighted by Gasteiger charge is -2.20. The molecule has 0 fully saturated rings. The molecule has 1 unspecified atom stereocenters. The van der Waals surface area contributed by atoms with Crippen molar-refractivity contribution in [1.82, 2.24) is 5.43 Å². The molecule has 0 amide bonds. The third-order valence-corrected chi connectivity index (χ3v) is 3.65. The van der Waals surface area contributed by atoms with E-state index in [1.165, 1.54) is 11.8 Å². The lowest BCUT2D eigenvalue weighted by molar-refractivity contribution is 0.141. The normalized spacial score (nSPS) is 13.9. The van der Waals surface area contributed by atoms with E-state index in [1.54, 1.807) is 0 Å². The smallest absolute Gasteiger partial charge is 0.165 e. The predicted molar refractivity (Wildman–Crippen MR) is 96.5 cm³/mol. The van der Waals surface area contributed by atoms with Crippen LogP contribution in [0.15, 0.2) is 64.9 Å². The Morgan fingerprint density at radius 2 is 1.67 bits per heavy atom. The number of hydrogen-bond acceptors (Lipinski definition) is 5. The number of rotatable bonds is 5. The first-order valence-electron chi connectivity index (χ1n) is 7.76. The molecule has 0 aromatic heterocycles. The van der Waals surface area contributed by atoms with Crippen LogP contribution in [0.2, 0.25) is 0 Å². The van der Waals surface area contributed by atoms with Gasteiger partial charge in [-0.2, -0.15) is 5.10 Å². The van der Waals surface area contributed by atoms with E-state index in [0.29, 0.717) is 11.3 Å². The van der Waals surface area contributed by atoms with Gasteiger partial charge in [0.25, 0.3) is 0 Å². The summed E-state index contributed by atoms with van der Waals surface area (Å²) in [6.45, 7) is 6.42. The Morgan fingerprint density at radius 3 is 2.21 bits per heavy atom. The molecule has 0 saturated carbocycles. The zero-order valence-corrected chi connectivity index (χ0v) is 14.1. The van der Waals surface area contributed by atoms with Crippen molar-refractivity contribution in [3.8, 4) is 0 Å². The molecule has 0 aliphatic carbocycles. The van der Waals surface area contributed by atoms with E-state index < -0.39 is 6.23 Å². The van der Waals surface area contributed by atoms with E-state index >= 15 is 0 Å². The van der Waals surface area contributed by atoms with Crippen LogP contribution < -0.4 is 5.43 Å². The van der Waals surface area contributed by atoms with Crippen LogP contribution in [0.3, 0.4) is 0 Å². The molecule has 2 aromatic rings. The van der Waals surface area contributed by atoms with Gasteiger partial charge in [0.2, 0.25) is 0 Å². The minimum absolute atomic E-state index is 0.0626. The average molecular weight is 325 g/mol. The van der Waals surface area contributed by atoms with Crippen LogP contribution in [0.5, 0.6) is 0 Å². The van der Waals surface area contributed by atoms with Gasteiger partial charge < -0.3 is 10.3 Å². The SMILES string of the molecule is CC(C)(C)c1ccc(C(O)N/N=C(/C=N/O)c2ccccc2)cc1. The molecule has 0 saturated heterocycles. The van der Waals surface area contributed by atoms with Gasteiger partial charge in [0.05, 0.1) is 6.21 Å². The molecule has 0 bridgehead atoms. The molecule has 2 aromatic carbocycles. The van der Waals surface area contributed by atoms with E-state index in [0.717, 1.165) is 5.56 Å². The lowest BCUT2D eigenvalue weighted by Crippen LogP contribution is -2.19. The second-order valence-electron chi connectivity index (χ2n) is 6.51. The summed E-state index contributed by atoms with van der Waals surface area (Å²) < 4.78 is 0. The summed E-state index contributed by atoms with van der Waals surface area (Å²) in [6, 6.07) is 17.0. The highest BCUT2D eigenvalue weighted by Crippen LogP contribution is 2.23. The van der Waals surface area contributed by atoms with Crippen molar-refractivity contribution in [2.45, 2.75) is 32.4 Å². The number of benzene rings is 2. The summed E-state index contributed by atoms with van der Waals surface area (Å²) in [4.78, 5) is 0. The Hall–Kier alpha value is -2.66. The van der Waals surface area contributed by atoms with Gasteiger partial charge in [-0.1, -0.05) is 80.5 Å². The molecular formula is C19H23N3O2. The van der Waals surface area contributed by atoms with Crippen molar-refractivity contribution in [3.05, 3.63) is 71.3 Å². The number of hydrazone groups is 1. The monoisotopic (exact) mass is 325 g/mol.